The van der Waals surface area contributed by atoms with Gasteiger partial charge in [0.05, 0.1) is 11.2 Å². The summed E-state index contributed by atoms with van der Waals surface area (Å²) in [5, 5.41) is 1.06. The molecule has 172 valence electrons. The number of benzene rings is 3. The van der Waals surface area contributed by atoms with Crippen LogP contribution in [0.2, 0.25) is 0 Å². The second-order valence-electron chi connectivity index (χ2n) is 8.75. The van der Waals surface area contributed by atoms with E-state index >= 15 is 0 Å². The number of hydrogen-bond donors (Lipinski definition) is 1. The van der Waals surface area contributed by atoms with E-state index in [1.807, 2.05) is 48.7 Å². The van der Waals surface area contributed by atoms with Crippen LogP contribution in [-0.2, 0) is 6.42 Å². The summed E-state index contributed by atoms with van der Waals surface area (Å²) in [6, 6.07) is 22.6. The van der Waals surface area contributed by atoms with E-state index in [1.54, 1.807) is 31.3 Å². The molecule has 0 aliphatic heterocycles. The van der Waals surface area contributed by atoms with Gasteiger partial charge >= 0.3 is 0 Å². The first kappa shape index (κ1) is 22.4. The van der Waals surface area contributed by atoms with Crippen LogP contribution < -0.4 is 5.73 Å². The van der Waals surface area contributed by atoms with Crippen LogP contribution in [0.15, 0.2) is 85.2 Å². The van der Waals surface area contributed by atoms with Crippen molar-refractivity contribution in [1.29, 1.82) is 0 Å². The van der Waals surface area contributed by atoms with Crippen molar-refractivity contribution in [2.45, 2.75) is 20.3 Å². The van der Waals surface area contributed by atoms with Crippen molar-refractivity contribution in [3.8, 4) is 22.4 Å². The van der Waals surface area contributed by atoms with Gasteiger partial charge in [-0.3, -0.25) is 14.8 Å². The van der Waals surface area contributed by atoms with Gasteiger partial charge in [-0.05, 0) is 96.6 Å². The zero-order chi connectivity index (χ0) is 24.5. The number of aryl methyl sites for hydroxylation is 2. The van der Waals surface area contributed by atoms with E-state index in [9.17, 15) is 9.18 Å². The molecule has 0 aliphatic rings. The molecule has 0 spiro atoms. The molecule has 5 rings (SSSR count). The third-order valence-electron chi connectivity index (χ3n) is 6.36. The van der Waals surface area contributed by atoms with Crippen LogP contribution >= 0.6 is 0 Å². The van der Waals surface area contributed by atoms with E-state index in [2.05, 4.69) is 23.0 Å². The number of nitrogens with two attached hydrogens (primary N) is 1. The van der Waals surface area contributed by atoms with Gasteiger partial charge in [0, 0.05) is 34.5 Å². The summed E-state index contributed by atoms with van der Waals surface area (Å²) >= 11 is 0. The summed E-state index contributed by atoms with van der Waals surface area (Å²) in [6.07, 6.45) is 4.35. The minimum atomic E-state index is -0.435. The van der Waals surface area contributed by atoms with E-state index in [4.69, 9.17) is 5.73 Å². The van der Waals surface area contributed by atoms with Crippen molar-refractivity contribution in [2.75, 3.05) is 0 Å². The van der Waals surface area contributed by atoms with E-state index < -0.39 is 5.91 Å². The number of carbonyl (C=O) groups is 1. The number of primary amides is 1. The maximum Gasteiger partial charge on any atom is 0.248 e. The first-order valence-electron chi connectivity index (χ1n) is 11.4. The molecule has 4 nitrogen and oxygen atoms in total. The molecule has 0 saturated carbocycles. The largest absolute Gasteiger partial charge is 0.366 e. The summed E-state index contributed by atoms with van der Waals surface area (Å²) in [7, 11) is 0. The SMILES string of the molecule is Cc1cc(-c2ncccc2-c2ccc3ncc(C)c(Cc4ccc(C(N)=O)cc4)c3c2)ccc1F. The normalized spacial score (nSPS) is 11.1. The molecule has 5 aromatic rings. The van der Waals surface area contributed by atoms with Crippen LogP contribution in [0.4, 0.5) is 4.39 Å². The summed E-state index contributed by atoms with van der Waals surface area (Å²) in [4.78, 5) is 20.7. The maximum absolute atomic E-state index is 13.9. The number of amides is 1. The van der Waals surface area contributed by atoms with Crippen molar-refractivity contribution in [3.63, 3.8) is 0 Å². The Morgan fingerprint density at radius 3 is 2.40 bits per heavy atom. The monoisotopic (exact) mass is 461 g/mol. The van der Waals surface area contributed by atoms with Crippen LogP contribution in [0.5, 0.6) is 0 Å². The summed E-state index contributed by atoms with van der Waals surface area (Å²) in [6.45, 7) is 3.82. The molecule has 0 bridgehead atoms. The van der Waals surface area contributed by atoms with Crippen LogP contribution in [0.25, 0.3) is 33.3 Å². The second-order valence-corrected chi connectivity index (χ2v) is 8.75. The third-order valence-corrected chi connectivity index (χ3v) is 6.36. The molecule has 5 heteroatoms. The van der Waals surface area contributed by atoms with Crippen LogP contribution in [-0.4, -0.2) is 15.9 Å². The molecule has 0 unspecified atom stereocenters. The number of carbonyl (C=O) groups excluding carboxylic acids is 1. The number of rotatable bonds is 5. The van der Waals surface area contributed by atoms with Gasteiger partial charge in [0.15, 0.2) is 0 Å². The van der Waals surface area contributed by atoms with E-state index in [0.717, 1.165) is 44.4 Å². The van der Waals surface area contributed by atoms with Gasteiger partial charge in [0.25, 0.3) is 0 Å². The first-order valence-corrected chi connectivity index (χ1v) is 11.4. The zero-order valence-electron chi connectivity index (χ0n) is 19.5. The summed E-state index contributed by atoms with van der Waals surface area (Å²) < 4.78 is 13.9. The van der Waals surface area contributed by atoms with E-state index in [0.29, 0.717) is 17.5 Å². The lowest BCUT2D eigenvalue weighted by atomic mass is 9.93. The Bertz CT molecular complexity index is 1580. The van der Waals surface area contributed by atoms with Crippen molar-refractivity contribution < 1.29 is 9.18 Å². The zero-order valence-corrected chi connectivity index (χ0v) is 19.5. The molecular formula is C30H24FN3O. The lowest BCUT2D eigenvalue weighted by Gasteiger charge is -2.14. The van der Waals surface area contributed by atoms with Crippen LogP contribution in [0.3, 0.4) is 0 Å². The predicted octanol–water partition coefficient (Wildman–Crippen LogP) is 6.41. The Morgan fingerprint density at radius 1 is 0.886 bits per heavy atom. The topological polar surface area (TPSA) is 68.9 Å². The highest BCUT2D eigenvalue weighted by atomic mass is 19.1. The fraction of sp³-hybridized carbons (Fsp3) is 0.100. The van der Waals surface area contributed by atoms with Gasteiger partial charge in [-0.1, -0.05) is 24.3 Å². The molecule has 35 heavy (non-hydrogen) atoms. The fourth-order valence-corrected chi connectivity index (χ4v) is 4.40. The average Bonchev–Trinajstić information content (AvgIpc) is 2.87. The van der Waals surface area contributed by atoms with Crippen molar-refractivity contribution in [3.05, 3.63) is 119 Å². The Labute approximate surface area is 203 Å². The minimum absolute atomic E-state index is 0.230. The number of hydrogen-bond acceptors (Lipinski definition) is 3. The highest BCUT2D eigenvalue weighted by Crippen LogP contribution is 2.34. The Hall–Kier alpha value is -4.38. The predicted molar refractivity (Wildman–Crippen MR) is 138 cm³/mol. The van der Waals surface area contributed by atoms with Crippen molar-refractivity contribution in [1.82, 2.24) is 9.97 Å². The smallest absolute Gasteiger partial charge is 0.248 e. The van der Waals surface area contributed by atoms with Crippen LogP contribution in [0, 0.1) is 19.7 Å². The Morgan fingerprint density at radius 2 is 1.66 bits per heavy atom. The van der Waals surface area contributed by atoms with Crippen molar-refractivity contribution in [2.24, 2.45) is 5.73 Å². The minimum Gasteiger partial charge on any atom is -0.366 e. The molecule has 0 fully saturated rings. The lowest BCUT2D eigenvalue weighted by Crippen LogP contribution is -2.10. The quantitative estimate of drug-likeness (QED) is 0.329. The summed E-state index contributed by atoms with van der Waals surface area (Å²) in [5.74, 6) is -0.664. The molecule has 3 aromatic carbocycles. The molecule has 0 radical (unpaired) electrons. The van der Waals surface area contributed by atoms with E-state index in [-0.39, 0.29) is 5.82 Å². The molecule has 2 aromatic heterocycles. The molecule has 2 N–H and O–H groups in total. The van der Waals surface area contributed by atoms with Gasteiger partial charge in [-0.15, -0.1) is 0 Å². The molecule has 0 aliphatic carbocycles. The second kappa shape index (κ2) is 9.11. The first-order chi connectivity index (χ1) is 16.9. The van der Waals surface area contributed by atoms with Gasteiger partial charge in [-0.25, -0.2) is 4.39 Å². The molecule has 0 atom stereocenters. The Kier molecular flexibility index (Phi) is 5.83. The van der Waals surface area contributed by atoms with Gasteiger partial charge in [0.1, 0.15) is 5.82 Å². The van der Waals surface area contributed by atoms with Gasteiger partial charge in [0.2, 0.25) is 5.91 Å². The number of nitrogens with zero attached hydrogens (tertiary/aromatic N) is 2. The van der Waals surface area contributed by atoms with Gasteiger partial charge in [-0.2, -0.15) is 0 Å². The van der Waals surface area contributed by atoms with Gasteiger partial charge < -0.3 is 5.73 Å². The Balaban J connectivity index is 1.61. The molecular weight excluding hydrogens is 437 g/mol. The van der Waals surface area contributed by atoms with Crippen LogP contribution in [0.1, 0.15) is 32.6 Å². The average molecular weight is 462 g/mol. The standard InChI is InChI=1S/C30H24FN3O/c1-18-14-23(9-11-27(18)31)29-24(4-3-13-33-29)22-10-12-28-26(16-22)25(19(2)17-34-28)15-20-5-7-21(8-6-20)30(32)35/h3-14,16-17H,15H2,1-2H3,(H2,32,35). The number of pyridine rings is 2. The molecule has 0 saturated heterocycles. The maximum atomic E-state index is 13.9. The number of aromatic nitrogens is 2. The molecule has 1 amide bonds. The number of fused-ring (bicyclic) bond motifs is 1. The third kappa shape index (κ3) is 4.41. The fourth-order valence-electron chi connectivity index (χ4n) is 4.40. The highest BCUT2D eigenvalue weighted by Gasteiger charge is 2.13. The molecule has 2 heterocycles. The highest BCUT2D eigenvalue weighted by molar-refractivity contribution is 5.93. The number of halogens is 1. The van der Waals surface area contributed by atoms with E-state index in [1.165, 1.54) is 11.6 Å². The lowest BCUT2D eigenvalue weighted by molar-refractivity contribution is 0.100. The van der Waals surface area contributed by atoms with Crippen molar-refractivity contribution >= 4 is 16.8 Å². The summed E-state index contributed by atoms with van der Waals surface area (Å²) in [5.41, 5.74) is 14.4.